The molecular formula is C12H10N4O. The van der Waals surface area contributed by atoms with Crippen molar-refractivity contribution in [3.63, 3.8) is 0 Å². The fraction of sp³-hybridized carbons (Fsp3) is 0.0833. The quantitative estimate of drug-likeness (QED) is 0.699. The van der Waals surface area contributed by atoms with E-state index in [4.69, 9.17) is 5.73 Å². The molecule has 0 radical (unpaired) electrons. The number of carbonyl (C=O) groups is 1. The number of aromatic amines is 1. The third-order valence-corrected chi connectivity index (χ3v) is 2.07. The molecule has 0 bridgehead atoms. The Hall–Kier alpha value is -2.61. The van der Waals surface area contributed by atoms with Crippen LogP contribution in [0.5, 0.6) is 0 Å². The summed E-state index contributed by atoms with van der Waals surface area (Å²) in [6.45, 7) is 1.85. The van der Waals surface area contributed by atoms with Crippen molar-refractivity contribution in [3.05, 3.63) is 47.3 Å². The molecule has 0 saturated carbocycles. The molecule has 0 aromatic carbocycles. The maximum absolute atomic E-state index is 10.9. The highest BCUT2D eigenvalue weighted by atomic mass is 16.1. The van der Waals surface area contributed by atoms with Crippen LogP contribution < -0.4 is 5.73 Å². The van der Waals surface area contributed by atoms with Gasteiger partial charge in [0.25, 0.3) is 0 Å². The standard InChI is InChI=1S/C12H10N4O/c1-8-15-7-11(16-8)3-2-9-4-10(12(13)17)6-14-5-9/h4-7H,1H3,(H2,13,17)(H,15,16). The number of rotatable bonds is 1. The summed E-state index contributed by atoms with van der Waals surface area (Å²) >= 11 is 0. The summed E-state index contributed by atoms with van der Waals surface area (Å²) < 4.78 is 0. The monoisotopic (exact) mass is 226 g/mol. The van der Waals surface area contributed by atoms with Crippen LogP contribution in [-0.2, 0) is 0 Å². The minimum Gasteiger partial charge on any atom is -0.366 e. The van der Waals surface area contributed by atoms with Gasteiger partial charge in [-0.05, 0) is 18.9 Å². The van der Waals surface area contributed by atoms with Crippen molar-refractivity contribution < 1.29 is 4.79 Å². The summed E-state index contributed by atoms with van der Waals surface area (Å²) in [5.41, 5.74) is 6.84. The fourth-order valence-corrected chi connectivity index (χ4v) is 1.27. The van der Waals surface area contributed by atoms with Gasteiger partial charge in [0.15, 0.2) is 0 Å². The van der Waals surface area contributed by atoms with Gasteiger partial charge in [0, 0.05) is 18.0 Å². The predicted molar refractivity (Wildman–Crippen MR) is 62.1 cm³/mol. The first-order valence-corrected chi connectivity index (χ1v) is 4.93. The van der Waals surface area contributed by atoms with E-state index in [0.717, 1.165) is 5.82 Å². The smallest absolute Gasteiger partial charge is 0.250 e. The number of amides is 1. The first-order chi connectivity index (χ1) is 8.15. The first kappa shape index (κ1) is 10.9. The predicted octanol–water partition coefficient (Wildman–Crippen LogP) is 0.612. The van der Waals surface area contributed by atoms with Crippen LogP contribution in [0.1, 0.15) is 27.4 Å². The summed E-state index contributed by atoms with van der Waals surface area (Å²) in [5.74, 6) is 6.05. The molecule has 2 heterocycles. The van der Waals surface area contributed by atoms with Crippen molar-refractivity contribution in [2.24, 2.45) is 5.73 Å². The highest BCUT2D eigenvalue weighted by Crippen LogP contribution is 2.01. The van der Waals surface area contributed by atoms with E-state index in [9.17, 15) is 4.79 Å². The Morgan fingerprint density at radius 1 is 1.35 bits per heavy atom. The third-order valence-electron chi connectivity index (χ3n) is 2.07. The van der Waals surface area contributed by atoms with E-state index in [0.29, 0.717) is 16.8 Å². The molecule has 5 heteroatoms. The molecule has 0 fully saturated rings. The zero-order valence-electron chi connectivity index (χ0n) is 9.19. The Morgan fingerprint density at radius 3 is 2.82 bits per heavy atom. The van der Waals surface area contributed by atoms with Gasteiger partial charge < -0.3 is 10.7 Å². The van der Waals surface area contributed by atoms with Gasteiger partial charge in [0.05, 0.1) is 11.8 Å². The summed E-state index contributed by atoms with van der Waals surface area (Å²) in [4.78, 5) is 21.9. The Kier molecular flexibility index (Phi) is 2.88. The molecule has 2 rings (SSSR count). The van der Waals surface area contributed by atoms with E-state index in [-0.39, 0.29) is 0 Å². The van der Waals surface area contributed by atoms with Crippen LogP contribution in [0, 0.1) is 18.8 Å². The molecule has 2 aromatic heterocycles. The summed E-state index contributed by atoms with van der Waals surface area (Å²) in [7, 11) is 0. The number of nitrogens with two attached hydrogens (primary N) is 1. The van der Waals surface area contributed by atoms with Gasteiger partial charge in [-0.15, -0.1) is 0 Å². The zero-order valence-corrected chi connectivity index (χ0v) is 9.19. The van der Waals surface area contributed by atoms with Crippen molar-refractivity contribution in [2.45, 2.75) is 6.92 Å². The maximum Gasteiger partial charge on any atom is 0.250 e. The van der Waals surface area contributed by atoms with Crippen molar-refractivity contribution in [1.82, 2.24) is 15.0 Å². The largest absolute Gasteiger partial charge is 0.366 e. The molecule has 0 aliphatic carbocycles. The first-order valence-electron chi connectivity index (χ1n) is 4.93. The van der Waals surface area contributed by atoms with Crippen molar-refractivity contribution in [2.75, 3.05) is 0 Å². The van der Waals surface area contributed by atoms with Gasteiger partial charge in [-0.25, -0.2) is 4.98 Å². The van der Waals surface area contributed by atoms with E-state index < -0.39 is 5.91 Å². The highest BCUT2D eigenvalue weighted by Gasteiger charge is 2.00. The van der Waals surface area contributed by atoms with Crippen molar-refractivity contribution >= 4 is 5.91 Å². The summed E-state index contributed by atoms with van der Waals surface area (Å²) in [5, 5.41) is 0. The molecule has 0 aliphatic heterocycles. The lowest BCUT2D eigenvalue weighted by atomic mass is 10.2. The second kappa shape index (κ2) is 4.49. The third kappa shape index (κ3) is 2.69. The van der Waals surface area contributed by atoms with Gasteiger partial charge in [-0.3, -0.25) is 9.78 Å². The number of hydrogen-bond acceptors (Lipinski definition) is 3. The molecule has 0 saturated heterocycles. The van der Waals surface area contributed by atoms with E-state index in [1.54, 1.807) is 18.5 Å². The van der Waals surface area contributed by atoms with E-state index in [2.05, 4.69) is 26.8 Å². The maximum atomic E-state index is 10.9. The molecular weight excluding hydrogens is 216 g/mol. The summed E-state index contributed by atoms with van der Waals surface area (Å²) in [6.07, 6.45) is 4.63. The minimum atomic E-state index is -0.515. The molecule has 17 heavy (non-hydrogen) atoms. The fourth-order valence-electron chi connectivity index (χ4n) is 1.27. The minimum absolute atomic E-state index is 0.345. The average molecular weight is 226 g/mol. The number of pyridine rings is 1. The Bertz CT molecular complexity index is 619. The normalized spacial score (nSPS) is 9.47. The molecule has 0 unspecified atom stereocenters. The number of nitrogens with zero attached hydrogens (tertiary/aromatic N) is 2. The van der Waals surface area contributed by atoms with E-state index in [1.165, 1.54) is 6.20 Å². The van der Waals surface area contributed by atoms with Gasteiger partial charge in [0.1, 0.15) is 11.5 Å². The molecule has 1 amide bonds. The highest BCUT2D eigenvalue weighted by molar-refractivity contribution is 5.92. The van der Waals surface area contributed by atoms with Gasteiger partial charge >= 0.3 is 0 Å². The van der Waals surface area contributed by atoms with Crippen LogP contribution in [0.3, 0.4) is 0 Å². The number of imidazole rings is 1. The topological polar surface area (TPSA) is 84.7 Å². The Labute approximate surface area is 98.1 Å². The number of nitrogens with one attached hydrogen (secondary N) is 1. The SMILES string of the molecule is Cc1ncc(C#Cc2cncc(C(N)=O)c2)[nH]1. The lowest BCUT2D eigenvalue weighted by Gasteiger charge is -1.94. The van der Waals surface area contributed by atoms with Crippen LogP contribution in [0.2, 0.25) is 0 Å². The van der Waals surface area contributed by atoms with Crippen LogP contribution >= 0.6 is 0 Å². The van der Waals surface area contributed by atoms with Gasteiger partial charge in [-0.1, -0.05) is 5.92 Å². The van der Waals surface area contributed by atoms with Crippen LogP contribution in [0.25, 0.3) is 0 Å². The number of aryl methyl sites for hydroxylation is 1. The molecule has 3 N–H and O–H groups in total. The second-order valence-electron chi connectivity index (χ2n) is 3.46. The lowest BCUT2D eigenvalue weighted by Crippen LogP contribution is -2.11. The average Bonchev–Trinajstić information content (AvgIpc) is 2.73. The summed E-state index contributed by atoms with van der Waals surface area (Å²) in [6, 6.07) is 1.60. The number of primary amides is 1. The lowest BCUT2D eigenvalue weighted by molar-refractivity contribution is 0.1000. The number of H-pyrrole nitrogens is 1. The number of hydrogen-bond donors (Lipinski definition) is 2. The van der Waals surface area contributed by atoms with Crippen molar-refractivity contribution in [3.8, 4) is 11.8 Å². The van der Waals surface area contributed by atoms with Gasteiger partial charge in [0.2, 0.25) is 5.91 Å². The molecule has 0 aliphatic rings. The Morgan fingerprint density at radius 2 is 2.18 bits per heavy atom. The van der Waals surface area contributed by atoms with E-state index >= 15 is 0 Å². The van der Waals surface area contributed by atoms with Crippen LogP contribution in [-0.4, -0.2) is 20.9 Å². The molecule has 0 atom stereocenters. The van der Waals surface area contributed by atoms with Gasteiger partial charge in [-0.2, -0.15) is 0 Å². The Balaban J connectivity index is 2.27. The number of carbonyl (C=O) groups excluding carboxylic acids is 1. The van der Waals surface area contributed by atoms with Crippen LogP contribution in [0.4, 0.5) is 0 Å². The molecule has 84 valence electrons. The van der Waals surface area contributed by atoms with E-state index in [1.807, 2.05) is 6.92 Å². The van der Waals surface area contributed by atoms with Crippen LogP contribution in [0.15, 0.2) is 24.7 Å². The number of aromatic nitrogens is 3. The second-order valence-corrected chi connectivity index (χ2v) is 3.46. The molecule has 2 aromatic rings. The zero-order chi connectivity index (χ0) is 12.3. The molecule has 0 spiro atoms. The molecule has 5 nitrogen and oxygen atoms in total. The van der Waals surface area contributed by atoms with Crippen molar-refractivity contribution in [1.29, 1.82) is 0 Å².